The molecular formula is C33H32F6N4O2. The predicted molar refractivity (Wildman–Crippen MR) is 157 cm³/mol. The predicted octanol–water partition coefficient (Wildman–Crippen LogP) is 6.92. The van der Waals surface area contributed by atoms with Crippen molar-refractivity contribution in [1.29, 1.82) is 0 Å². The van der Waals surface area contributed by atoms with Gasteiger partial charge in [-0.05, 0) is 68.0 Å². The van der Waals surface area contributed by atoms with E-state index in [1.54, 1.807) is 0 Å². The van der Waals surface area contributed by atoms with Gasteiger partial charge in [-0.25, -0.2) is 4.79 Å². The van der Waals surface area contributed by atoms with E-state index < -0.39 is 41.0 Å². The van der Waals surface area contributed by atoms with Crippen LogP contribution < -0.4 is 5.69 Å². The van der Waals surface area contributed by atoms with Crippen molar-refractivity contribution in [2.24, 2.45) is 0 Å². The molecule has 6 rings (SSSR count). The molecular weight excluding hydrogens is 598 g/mol. The molecule has 45 heavy (non-hydrogen) atoms. The Balaban J connectivity index is 1.22. The van der Waals surface area contributed by atoms with Crippen LogP contribution >= 0.6 is 0 Å². The van der Waals surface area contributed by atoms with E-state index in [1.807, 2.05) is 59.2 Å². The van der Waals surface area contributed by atoms with E-state index in [2.05, 4.69) is 9.88 Å². The Morgan fingerprint density at radius 2 is 1.38 bits per heavy atom. The number of halogens is 6. The van der Waals surface area contributed by atoms with Crippen LogP contribution in [0.2, 0.25) is 0 Å². The molecule has 2 fully saturated rings. The molecule has 1 N–H and O–H groups in total. The Hall–Kier alpha value is -4.06. The Bertz CT molecular complexity index is 1690. The number of piperidine rings is 2. The number of hydrogen-bond donors (Lipinski definition) is 1. The minimum Gasteiger partial charge on any atom is -0.335 e. The molecule has 3 heterocycles. The van der Waals surface area contributed by atoms with Gasteiger partial charge in [-0.15, -0.1) is 0 Å². The van der Waals surface area contributed by atoms with Crippen molar-refractivity contribution in [1.82, 2.24) is 19.4 Å². The molecule has 0 unspecified atom stereocenters. The molecule has 0 saturated carbocycles. The average molecular weight is 631 g/mol. The van der Waals surface area contributed by atoms with Crippen LogP contribution in [-0.4, -0.2) is 57.0 Å². The normalized spacial score (nSPS) is 20.5. The lowest BCUT2D eigenvalue weighted by Gasteiger charge is -2.45. The molecule has 2 saturated heterocycles. The number of imidazole rings is 1. The number of amides is 1. The highest BCUT2D eigenvalue weighted by molar-refractivity contribution is 5.95. The molecule has 0 spiro atoms. The molecule has 6 nitrogen and oxygen atoms in total. The van der Waals surface area contributed by atoms with Crippen molar-refractivity contribution in [3.63, 3.8) is 0 Å². The van der Waals surface area contributed by atoms with Crippen LogP contribution in [0.4, 0.5) is 26.3 Å². The fraction of sp³-hybridized carbons (Fsp3) is 0.394. The maximum atomic E-state index is 13.7. The number of carbonyl (C=O) groups is 1. The number of nitrogens with one attached hydrogen (secondary N) is 1. The molecule has 2 aliphatic rings. The summed E-state index contributed by atoms with van der Waals surface area (Å²) in [5.74, 6) is -0.844. The fourth-order valence-electron chi connectivity index (χ4n) is 6.90. The van der Waals surface area contributed by atoms with E-state index in [0.717, 1.165) is 42.5 Å². The second kappa shape index (κ2) is 12.0. The van der Waals surface area contributed by atoms with E-state index in [9.17, 15) is 35.9 Å². The standard InChI is InChI=1S/C33H32F6N4O2/c34-32(35,36)23-17-22(18-24(19-23)33(37,38)39)30(44)42-15-12-26(20-27(42)16-21-6-2-1-3-7-21)41-13-10-25(11-14-41)43-29-9-5-4-8-28(29)40-31(43)45/h1-9,17-19,25-27H,10-16,20H2,(H,40,45)/t26-,27+/m0/s1. The van der Waals surface area contributed by atoms with Crippen LogP contribution in [-0.2, 0) is 18.8 Å². The summed E-state index contributed by atoms with van der Waals surface area (Å²) < 4.78 is 83.2. The molecule has 238 valence electrons. The second-order valence-corrected chi connectivity index (χ2v) is 11.9. The number of fused-ring (bicyclic) bond motifs is 1. The van der Waals surface area contributed by atoms with E-state index in [1.165, 1.54) is 4.90 Å². The lowest BCUT2D eigenvalue weighted by atomic mass is 9.89. The van der Waals surface area contributed by atoms with Gasteiger partial charge < -0.3 is 14.8 Å². The molecule has 12 heteroatoms. The molecule has 1 aromatic heterocycles. The SMILES string of the molecule is O=C(c1cc(C(F)(F)F)cc(C(F)(F)F)c1)N1CC[C@H](N2CCC(n3c(=O)[nH]c4ccccc43)CC2)C[C@H]1Cc1ccccc1. The Morgan fingerprint density at radius 1 is 0.778 bits per heavy atom. The maximum Gasteiger partial charge on any atom is 0.416 e. The zero-order valence-electron chi connectivity index (χ0n) is 24.2. The summed E-state index contributed by atoms with van der Waals surface area (Å²) in [5, 5.41) is 0. The first-order chi connectivity index (χ1) is 21.4. The lowest BCUT2D eigenvalue weighted by molar-refractivity contribution is -0.143. The van der Waals surface area contributed by atoms with Crippen molar-refractivity contribution >= 4 is 16.9 Å². The lowest BCUT2D eigenvalue weighted by Crippen LogP contribution is -2.54. The van der Waals surface area contributed by atoms with Crippen LogP contribution in [0.15, 0.2) is 77.6 Å². The smallest absolute Gasteiger partial charge is 0.335 e. The van der Waals surface area contributed by atoms with Crippen molar-refractivity contribution in [2.75, 3.05) is 19.6 Å². The molecule has 0 radical (unpaired) electrons. The Morgan fingerprint density at radius 3 is 2.02 bits per heavy atom. The van der Waals surface area contributed by atoms with Crippen LogP contribution in [0.1, 0.15) is 58.8 Å². The van der Waals surface area contributed by atoms with Gasteiger partial charge in [0.05, 0.1) is 22.2 Å². The average Bonchev–Trinajstić information content (AvgIpc) is 3.36. The number of H-pyrrole nitrogens is 1. The number of para-hydroxylation sites is 2. The first kappa shape index (κ1) is 30.9. The van der Waals surface area contributed by atoms with Gasteiger partial charge in [0.1, 0.15) is 0 Å². The van der Waals surface area contributed by atoms with Gasteiger partial charge in [0.25, 0.3) is 5.91 Å². The van der Waals surface area contributed by atoms with Crippen molar-refractivity contribution in [2.45, 2.75) is 62.6 Å². The quantitative estimate of drug-likeness (QED) is 0.244. The highest BCUT2D eigenvalue weighted by Crippen LogP contribution is 2.38. The van der Waals surface area contributed by atoms with Gasteiger partial charge in [-0.3, -0.25) is 9.36 Å². The number of likely N-dealkylation sites (tertiary alicyclic amines) is 2. The number of alkyl halides is 6. The van der Waals surface area contributed by atoms with E-state index >= 15 is 0 Å². The monoisotopic (exact) mass is 630 g/mol. The molecule has 4 aromatic rings. The Kier molecular flexibility index (Phi) is 8.28. The summed E-state index contributed by atoms with van der Waals surface area (Å²) >= 11 is 0. The van der Waals surface area contributed by atoms with Crippen LogP contribution in [0.3, 0.4) is 0 Å². The molecule has 2 atom stereocenters. The Labute approximate surface area is 255 Å². The second-order valence-electron chi connectivity index (χ2n) is 11.9. The number of carbonyl (C=O) groups excluding carboxylic acids is 1. The van der Waals surface area contributed by atoms with Crippen LogP contribution in [0, 0.1) is 0 Å². The van der Waals surface area contributed by atoms with Crippen molar-refractivity contribution < 1.29 is 31.1 Å². The van der Waals surface area contributed by atoms with Gasteiger partial charge in [0.15, 0.2) is 0 Å². The zero-order valence-corrected chi connectivity index (χ0v) is 24.2. The summed E-state index contributed by atoms with van der Waals surface area (Å²) in [6.45, 7) is 1.63. The highest BCUT2D eigenvalue weighted by atomic mass is 19.4. The number of hydrogen-bond acceptors (Lipinski definition) is 3. The van der Waals surface area contributed by atoms with E-state index in [-0.39, 0.29) is 30.4 Å². The van der Waals surface area contributed by atoms with Crippen molar-refractivity contribution in [3.05, 3.63) is 106 Å². The molecule has 1 amide bonds. The summed E-state index contributed by atoms with van der Waals surface area (Å²) in [5.41, 5.74) is -1.22. The maximum absolute atomic E-state index is 13.7. The van der Waals surface area contributed by atoms with Gasteiger partial charge in [0, 0.05) is 43.3 Å². The molecule has 2 aliphatic heterocycles. The summed E-state index contributed by atoms with van der Waals surface area (Å²) in [7, 11) is 0. The minimum atomic E-state index is -5.04. The number of aromatic nitrogens is 2. The van der Waals surface area contributed by atoms with Crippen molar-refractivity contribution in [3.8, 4) is 0 Å². The zero-order chi connectivity index (χ0) is 31.9. The largest absolute Gasteiger partial charge is 0.416 e. The number of rotatable bonds is 5. The van der Waals surface area contributed by atoms with E-state index in [0.29, 0.717) is 31.4 Å². The molecule has 0 bridgehead atoms. The minimum absolute atomic E-state index is 0.0235. The number of benzene rings is 3. The third-order valence-electron chi connectivity index (χ3n) is 9.10. The third kappa shape index (κ3) is 6.51. The van der Waals surface area contributed by atoms with Crippen LogP contribution in [0.5, 0.6) is 0 Å². The van der Waals surface area contributed by atoms with Gasteiger partial charge in [0.2, 0.25) is 0 Å². The summed E-state index contributed by atoms with van der Waals surface area (Å²) in [4.78, 5) is 33.1. The molecule has 0 aliphatic carbocycles. The fourth-order valence-corrected chi connectivity index (χ4v) is 6.90. The highest BCUT2D eigenvalue weighted by Gasteiger charge is 2.40. The summed E-state index contributed by atoms with van der Waals surface area (Å²) in [6, 6.07) is 17.6. The third-order valence-corrected chi connectivity index (χ3v) is 9.10. The van der Waals surface area contributed by atoms with Crippen LogP contribution in [0.25, 0.3) is 11.0 Å². The van der Waals surface area contributed by atoms with Gasteiger partial charge >= 0.3 is 18.0 Å². The first-order valence-electron chi connectivity index (χ1n) is 15.0. The van der Waals surface area contributed by atoms with Gasteiger partial charge in [-0.2, -0.15) is 26.3 Å². The number of nitrogens with zero attached hydrogens (tertiary/aromatic N) is 3. The molecule has 3 aromatic carbocycles. The summed E-state index contributed by atoms with van der Waals surface area (Å²) in [6.07, 6.45) is -7.14. The first-order valence-corrected chi connectivity index (χ1v) is 15.0. The van der Waals surface area contributed by atoms with E-state index in [4.69, 9.17) is 0 Å². The van der Waals surface area contributed by atoms with Gasteiger partial charge in [-0.1, -0.05) is 42.5 Å². The number of aromatic amines is 1. The topological polar surface area (TPSA) is 61.3 Å².